The lowest BCUT2D eigenvalue weighted by Crippen LogP contribution is -2.36. The number of hydrogen-bond acceptors (Lipinski definition) is 3. The first-order valence-electron chi connectivity index (χ1n) is 9.39. The number of amidine groups is 2. The second-order valence-corrected chi connectivity index (χ2v) is 6.72. The van der Waals surface area contributed by atoms with Crippen molar-refractivity contribution in [2.24, 2.45) is 9.98 Å². The third kappa shape index (κ3) is 2.97. The minimum Gasteiger partial charge on any atom is -0.305 e. The summed E-state index contributed by atoms with van der Waals surface area (Å²) in [5.41, 5.74) is 3.24. The van der Waals surface area contributed by atoms with Crippen LogP contribution in [0, 0.1) is 0 Å². The molecule has 4 aromatic rings. The highest BCUT2D eigenvalue weighted by Gasteiger charge is 2.22. The van der Waals surface area contributed by atoms with Crippen LogP contribution in [0.25, 0.3) is 10.8 Å². The second kappa shape index (κ2) is 7.12. The molecular formula is C25H19N3. The SMILES string of the molecule is c1ccc(C2=NCN(c3cccc4ccccc34)C(c3ccccc3)=N2)cc1. The first kappa shape index (κ1) is 16.5. The van der Waals surface area contributed by atoms with Gasteiger partial charge in [0.15, 0.2) is 5.84 Å². The van der Waals surface area contributed by atoms with E-state index in [1.807, 2.05) is 36.4 Å². The first-order chi connectivity index (χ1) is 13.9. The largest absolute Gasteiger partial charge is 0.305 e. The number of rotatable bonds is 3. The van der Waals surface area contributed by atoms with Gasteiger partial charge in [-0.2, -0.15) is 0 Å². The Morgan fingerprint density at radius 1 is 0.607 bits per heavy atom. The van der Waals surface area contributed by atoms with E-state index in [1.54, 1.807) is 0 Å². The van der Waals surface area contributed by atoms with E-state index in [0.29, 0.717) is 6.67 Å². The van der Waals surface area contributed by atoms with Gasteiger partial charge in [-0.1, -0.05) is 97.1 Å². The molecule has 0 amide bonds. The zero-order valence-corrected chi connectivity index (χ0v) is 15.4. The van der Waals surface area contributed by atoms with Crippen LogP contribution in [0.2, 0.25) is 0 Å². The lowest BCUT2D eigenvalue weighted by atomic mass is 10.1. The Kier molecular flexibility index (Phi) is 4.19. The normalized spacial score (nSPS) is 13.9. The van der Waals surface area contributed by atoms with E-state index >= 15 is 0 Å². The Morgan fingerprint density at radius 2 is 1.25 bits per heavy atom. The van der Waals surface area contributed by atoms with E-state index in [9.17, 15) is 0 Å². The quantitative estimate of drug-likeness (QED) is 0.473. The van der Waals surface area contributed by atoms with Crippen LogP contribution >= 0.6 is 0 Å². The number of fused-ring (bicyclic) bond motifs is 1. The van der Waals surface area contributed by atoms with Gasteiger partial charge in [0, 0.05) is 16.5 Å². The van der Waals surface area contributed by atoms with Crippen LogP contribution in [0.3, 0.4) is 0 Å². The fourth-order valence-corrected chi connectivity index (χ4v) is 3.59. The maximum atomic E-state index is 4.98. The summed E-state index contributed by atoms with van der Waals surface area (Å²) in [6.07, 6.45) is 0. The lowest BCUT2D eigenvalue weighted by Gasteiger charge is -2.29. The van der Waals surface area contributed by atoms with Gasteiger partial charge in [0.25, 0.3) is 0 Å². The number of aliphatic imine (C=N–C) groups is 2. The molecule has 3 heteroatoms. The summed E-state index contributed by atoms with van der Waals surface area (Å²) in [6.45, 7) is 0.534. The summed E-state index contributed by atoms with van der Waals surface area (Å²) in [5, 5.41) is 2.41. The van der Waals surface area contributed by atoms with Crippen molar-refractivity contribution in [3.05, 3.63) is 114 Å². The minimum atomic E-state index is 0.534. The number of nitrogens with zero attached hydrogens (tertiary/aromatic N) is 3. The van der Waals surface area contributed by atoms with Gasteiger partial charge in [-0.05, 0) is 11.5 Å². The van der Waals surface area contributed by atoms with Gasteiger partial charge in [0.2, 0.25) is 0 Å². The fourth-order valence-electron chi connectivity index (χ4n) is 3.59. The maximum Gasteiger partial charge on any atom is 0.158 e. The summed E-state index contributed by atoms with van der Waals surface area (Å²) >= 11 is 0. The average Bonchev–Trinajstić information content (AvgIpc) is 2.79. The highest BCUT2D eigenvalue weighted by molar-refractivity contribution is 6.20. The molecule has 0 saturated heterocycles. The number of benzene rings is 4. The molecule has 0 atom stereocenters. The summed E-state index contributed by atoms with van der Waals surface area (Å²) < 4.78 is 0. The predicted molar refractivity (Wildman–Crippen MR) is 117 cm³/mol. The van der Waals surface area contributed by atoms with E-state index in [4.69, 9.17) is 9.98 Å². The van der Waals surface area contributed by atoms with Crippen LogP contribution in [0.5, 0.6) is 0 Å². The molecule has 0 aromatic heterocycles. The molecule has 1 aliphatic heterocycles. The summed E-state index contributed by atoms with van der Waals surface area (Å²) in [5.74, 6) is 1.70. The minimum absolute atomic E-state index is 0.534. The fraction of sp³-hybridized carbons (Fsp3) is 0.0400. The van der Waals surface area contributed by atoms with Crippen LogP contribution in [-0.2, 0) is 0 Å². The van der Waals surface area contributed by atoms with Gasteiger partial charge in [-0.25, -0.2) is 9.98 Å². The van der Waals surface area contributed by atoms with Crippen LogP contribution in [-0.4, -0.2) is 18.3 Å². The van der Waals surface area contributed by atoms with E-state index in [1.165, 1.54) is 10.8 Å². The molecule has 0 N–H and O–H groups in total. The smallest absolute Gasteiger partial charge is 0.158 e. The molecule has 134 valence electrons. The van der Waals surface area contributed by atoms with Crippen LogP contribution < -0.4 is 4.90 Å². The molecule has 0 spiro atoms. The Labute approximate surface area is 164 Å². The van der Waals surface area contributed by atoms with E-state index in [2.05, 4.69) is 71.6 Å². The highest BCUT2D eigenvalue weighted by atomic mass is 15.3. The first-order valence-corrected chi connectivity index (χ1v) is 9.39. The van der Waals surface area contributed by atoms with Gasteiger partial charge in [-0.15, -0.1) is 0 Å². The third-order valence-electron chi connectivity index (χ3n) is 4.95. The van der Waals surface area contributed by atoms with Crippen molar-refractivity contribution < 1.29 is 0 Å². The van der Waals surface area contributed by atoms with Gasteiger partial charge in [0.1, 0.15) is 12.5 Å². The zero-order valence-electron chi connectivity index (χ0n) is 15.4. The van der Waals surface area contributed by atoms with Crippen molar-refractivity contribution in [1.29, 1.82) is 0 Å². The van der Waals surface area contributed by atoms with E-state index in [-0.39, 0.29) is 0 Å². The standard InChI is InChI=1S/C25H19N3/c1-3-11-20(12-4-1)24-26-18-28(25(27-24)21-13-5-2-6-14-21)23-17-9-15-19-10-7-8-16-22(19)23/h1-17H,18H2. The van der Waals surface area contributed by atoms with Crippen LogP contribution in [0.15, 0.2) is 113 Å². The summed E-state index contributed by atoms with van der Waals surface area (Å²) in [4.78, 5) is 12.0. The number of hydrogen-bond donors (Lipinski definition) is 0. The molecule has 5 rings (SSSR count). The van der Waals surface area contributed by atoms with Crippen molar-refractivity contribution in [2.75, 3.05) is 11.6 Å². The highest BCUT2D eigenvalue weighted by Crippen LogP contribution is 2.29. The number of anilines is 1. The molecule has 0 unspecified atom stereocenters. The molecule has 4 aromatic carbocycles. The summed E-state index contributed by atoms with van der Waals surface area (Å²) in [7, 11) is 0. The summed E-state index contributed by atoms with van der Waals surface area (Å²) in [6, 6.07) is 35.3. The molecule has 0 bridgehead atoms. The second-order valence-electron chi connectivity index (χ2n) is 6.72. The molecule has 0 radical (unpaired) electrons. The Hall–Kier alpha value is -3.72. The molecule has 3 nitrogen and oxygen atoms in total. The van der Waals surface area contributed by atoms with Gasteiger partial charge in [0.05, 0.1) is 5.69 Å². The molecular weight excluding hydrogens is 342 g/mol. The third-order valence-corrected chi connectivity index (χ3v) is 4.95. The lowest BCUT2D eigenvalue weighted by molar-refractivity contribution is 0.989. The van der Waals surface area contributed by atoms with Gasteiger partial charge >= 0.3 is 0 Å². The van der Waals surface area contributed by atoms with Crippen LogP contribution in [0.4, 0.5) is 5.69 Å². The molecule has 0 aliphatic carbocycles. The van der Waals surface area contributed by atoms with E-state index < -0.39 is 0 Å². The van der Waals surface area contributed by atoms with Crippen LogP contribution in [0.1, 0.15) is 11.1 Å². The van der Waals surface area contributed by atoms with Gasteiger partial charge < -0.3 is 4.90 Å². The van der Waals surface area contributed by atoms with Crippen molar-refractivity contribution in [2.45, 2.75) is 0 Å². The molecule has 28 heavy (non-hydrogen) atoms. The topological polar surface area (TPSA) is 28.0 Å². The predicted octanol–water partition coefficient (Wildman–Crippen LogP) is 5.51. The molecule has 0 saturated carbocycles. The Bertz CT molecular complexity index is 1170. The van der Waals surface area contributed by atoms with Crippen molar-refractivity contribution >= 4 is 28.1 Å². The Balaban J connectivity index is 1.66. The molecule has 0 fully saturated rings. The monoisotopic (exact) mass is 361 g/mol. The average molecular weight is 361 g/mol. The van der Waals surface area contributed by atoms with Crippen molar-refractivity contribution in [1.82, 2.24) is 0 Å². The molecule has 1 heterocycles. The van der Waals surface area contributed by atoms with Crippen molar-refractivity contribution in [3.8, 4) is 0 Å². The van der Waals surface area contributed by atoms with Crippen molar-refractivity contribution in [3.63, 3.8) is 0 Å². The molecule has 1 aliphatic rings. The Morgan fingerprint density at radius 3 is 2.04 bits per heavy atom. The zero-order chi connectivity index (χ0) is 18.8. The maximum absolute atomic E-state index is 4.98. The van der Waals surface area contributed by atoms with E-state index in [0.717, 1.165) is 28.5 Å². The van der Waals surface area contributed by atoms with Gasteiger partial charge in [-0.3, -0.25) is 0 Å².